The first-order chi connectivity index (χ1) is 12.6. The monoisotopic (exact) mass is 392 g/mol. The van der Waals surface area contributed by atoms with E-state index in [2.05, 4.69) is 26.0 Å². The van der Waals surface area contributed by atoms with E-state index in [4.69, 9.17) is 0 Å². The van der Waals surface area contributed by atoms with E-state index in [9.17, 15) is 20.7 Å². The number of hydrogen-bond donors (Lipinski definition) is 2. The van der Waals surface area contributed by atoms with Crippen molar-refractivity contribution in [2.45, 2.75) is 72.7 Å². The number of benzene rings is 1. The maximum absolute atomic E-state index is 9.37. The van der Waals surface area contributed by atoms with Crippen LogP contribution in [-0.2, 0) is 0 Å². The Kier molecular flexibility index (Phi) is 11.5. The highest BCUT2D eigenvalue weighted by Crippen LogP contribution is 2.40. The summed E-state index contributed by atoms with van der Waals surface area (Å²) in [6, 6.07) is 7.87. The number of nitrogens with zero attached hydrogens (tertiary/aromatic N) is 2. The first kappa shape index (κ1) is 22.9. The van der Waals surface area contributed by atoms with E-state index in [1.165, 1.54) is 0 Å². The van der Waals surface area contributed by atoms with Gasteiger partial charge in [0, 0.05) is 33.5 Å². The Bertz CT molecular complexity index is 571. The molecule has 0 spiro atoms. The lowest BCUT2D eigenvalue weighted by Crippen LogP contribution is -2.07. The molecule has 0 saturated carbocycles. The summed E-state index contributed by atoms with van der Waals surface area (Å²) in [6.07, 6.45) is 5.46. The van der Waals surface area contributed by atoms with Crippen molar-refractivity contribution < 1.29 is 10.2 Å². The normalized spacial score (nSPS) is 13.0. The minimum Gasteiger partial charge on any atom is -0.396 e. The zero-order chi connectivity index (χ0) is 19.4. The Morgan fingerprint density at radius 1 is 0.808 bits per heavy atom. The molecule has 2 N–H and O–H groups in total. The van der Waals surface area contributed by atoms with Crippen molar-refractivity contribution in [3.63, 3.8) is 0 Å². The van der Waals surface area contributed by atoms with Crippen LogP contribution >= 0.6 is 23.5 Å². The second kappa shape index (κ2) is 13.1. The third-order valence-corrected chi connectivity index (χ3v) is 6.96. The van der Waals surface area contributed by atoms with Gasteiger partial charge < -0.3 is 10.2 Å². The lowest BCUT2D eigenvalue weighted by Gasteiger charge is -2.20. The van der Waals surface area contributed by atoms with E-state index < -0.39 is 0 Å². The van der Waals surface area contributed by atoms with Crippen LogP contribution in [0.4, 0.5) is 0 Å². The van der Waals surface area contributed by atoms with Crippen LogP contribution in [0, 0.1) is 22.7 Å². The molecule has 6 heteroatoms. The molecule has 2 atom stereocenters. The van der Waals surface area contributed by atoms with Crippen LogP contribution in [0.25, 0.3) is 0 Å². The molecule has 0 radical (unpaired) electrons. The molecule has 0 amide bonds. The molecule has 4 nitrogen and oxygen atoms in total. The van der Waals surface area contributed by atoms with Gasteiger partial charge in [0.1, 0.15) is 12.1 Å². The van der Waals surface area contributed by atoms with E-state index in [-0.39, 0.29) is 23.7 Å². The average molecular weight is 393 g/mol. The van der Waals surface area contributed by atoms with E-state index in [0.717, 1.165) is 35.5 Å². The quantitative estimate of drug-likeness (QED) is 0.501. The third kappa shape index (κ3) is 7.21. The molecule has 26 heavy (non-hydrogen) atoms. The number of hydrogen-bond acceptors (Lipinski definition) is 6. The van der Waals surface area contributed by atoms with Crippen LogP contribution in [0.5, 0.6) is 0 Å². The molecule has 142 valence electrons. The molecular formula is C20H28N2O2S2. The molecule has 1 aromatic carbocycles. The zero-order valence-electron chi connectivity index (χ0n) is 15.6. The Hall–Kier alpha value is -1.18. The molecule has 1 aromatic rings. The van der Waals surface area contributed by atoms with Crippen LogP contribution in [0.15, 0.2) is 21.9 Å². The number of rotatable bonds is 12. The van der Waals surface area contributed by atoms with Crippen LogP contribution in [0.3, 0.4) is 0 Å². The highest BCUT2D eigenvalue weighted by molar-refractivity contribution is 8.03. The van der Waals surface area contributed by atoms with Crippen molar-refractivity contribution in [2.24, 2.45) is 0 Å². The molecule has 0 aliphatic carbocycles. The number of nitriles is 2. The van der Waals surface area contributed by atoms with Gasteiger partial charge in [-0.15, -0.1) is 23.5 Å². The Morgan fingerprint density at radius 2 is 1.19 bits per heavy atom. The first-order valence-corrected chi connectivity index (χ1v) is 10.9. The highest BCUT2D eigenvalue weighted by Gasteiger charge is 2.18. The summed E-state index contributed by atoms with van der Waals surface area (Å²) in [5.74, 6) is 0. The molecule has 0 aromatic heterocycles. The van der Waals surface area contributed by atoms with Crippen molar-refractivity contribution in [3.05, 3.63) is 23.3 Å². The highest BCUT2D eigenvalue weighted by atomic mass is 32.2. The fourth-order valence-electron chi connectivity index (χ4n) is 2.74. The van der Waals surface area contributed by atoms with Crippen molar-refractivity contribution in [1.29, 1.82) is 10.5 Å². The Balaban J connectivity index is 3.22. The Labute approximate surface area is 165 Å². The van der Waals surface area contributed by atoms with Gasteiger partial charge in [-0.25, -0.2) is 0 Å². The molecule has 0 aliphatic rings. The SMILES string of the molecule is CCCC(CCO)Sc1cc(C#N)c(C#N)cc1SC(CCC)CCO. The van der Waals surface area contributed by atoms with E-state index in [1.807, 2.05) is 12.1 Å². The van der Waals surface area contributed by atoms with E-state index in [1.54, 1.807) is 23.5 Å². The summed E-state index contributed by atoms with van der Waals surface area (Å²) in [5.41, 5.74) is 0.792. The van der Waals surface area contributed by atoms with Gasteiger partial charge in [-0.3, -0.25) is 0 Å². The van der Waals surface area contributed by atoms with Gasteiger partial charge in [-0.2, -0.15) is 10.5 Å². The van der Waals surface area contributed by atoms with Crippen LogP contribution < -0.4 is 0 Å². The molecular weight excluding hydrogens is 364 g/mol. The topological polar surface area (TPSA) is 88.0 Å². The minimum absolute atomic E-state index is 0.143. The summed E-state index contributed by atoms with van der Waals surface area (Å²) >= 11 is 3.38. The van der Waals surface area contributed by atoms with Gasteiger partial charge in [-0.1, -0.05) is 26.7 Å². The molecule has 0 fully saturated rings. The second-order valence-electron chi connectivity index (χ2n) is 6.15. The summed E-state index contributed by atoms with van der Waals surface area (Å²) in [5, 5.41) is 38.0. The average Bonchev–Trinajstić information content (AvgIpc) is 2.63. The fourth-order valence-corrected chi connectivity index (χ4v) is 5.63. The van der Waals surface area contributed by atoms with Crippen molar-refractivity contribution >= 4 is 23.5 Å². The molecule has 0 bridgehead atoms. The van der Waals surface area contributed by atoms with Gasteiger partial charge >= 0.3 is 0 Å². The van der Waals surface area contributed by atoms with E-state index >= 15 is 0 Å². The minimum atomic E-state index is 0.143. The standard InChI is InChI=1S/C20H28N2O2S2/c1-3-5-17(7-9-23)25-19-11-15(13-21)16(14-22)12-20(19)26-18(6-4-2)8-10-24/h11-12,17-18,23-24H,3-10H2,1-2H3. The molecule has 0 saturated heterocycles. The summed E-state index contributed by atoms with van der Waals surface area (Å²) in [6.45, 7) is 4.53. The zero-order valence-corrected chi connectivity index (χ0v) is 17.2. The number of thioether (sulfide) groups is 2. The summed E-state index contributed by atoms with van der Waals surface area (Å²) in [4.78, 5) is 1.99. The van der Waals surface area contributed by atoms with Gasteiger partial charge in [0.15, 0.2) is 0 Å². The van der Waals surface area contributed by atoms with Gasteiger partial charge in [-0.05, 0) is 37.8 Å². The smallest absolute Gasteiger partial charge is 0.101 e. The first-order valence-electron chi connectivity index (χ1n) is 9.16. The summed E-state index contributed by atoms with van der Waals surface area (Å²) in [7, 11) is 0. The third-order valence-electron chi connectivity index (χ3n) is 4.04. The van der Waals surface area contributed by atoms with Crippen molar-refractivity contribution in [1.82, 2.24) is 0 Å². The molecule has 0 heterocycles. The molecule has 2 unspecified atom stereocenters. The predicted molar refractivity (Wildman–Crippen MR) is 108 cm³/mol. The van der Waals surface area contributed by atoms with Gasteiger partial charge in [0.05, 0.1) is 11.1 Å². The van der Waals surface area contributed by atoms with Crippen molar-refractivity contribution in [3.8, 4) is 12.1 Å². The maximum atomic E-state index is 9.37. The van der Waals surface area contributed by atoms with Crippen LogP contribution in [0.2, 0.25) is 0 Å². The predicted octanol–water partition coefficient (Wildman–Crippen LogP) is 4.72. The number of aliphatic hydroxyl groups is 2. The second-order valence-corrected chi connectivity index (χ2v) is 8.83. The Morgan fingerprint density at radius 3 is 1.46 bits per heavy atom. The van der Waals surface area contributed by atoms with E-state index in [0.29, 0.717) is 24.0 Å². The largest absolute Gasteiger partial charge is 0.396 e. The lowest BCUT2D eigenvalue weighted by atomic mass is 10.1. The molecule has 0 aliphatic heterocycles. The lowest BCUT2D eigenvalue weighted by molar-refractivity contribution is 0.285. The fraction of sp³-hybridized carbons (Fsp3) is 0.600. The maximum Gasteiger partial charge on any atom is 0.101 e. The van der Waals surface area contributed by atoms with Crippen LogP contribution in [0.1, 0.15) is 63.5 Å². The van der Waals surface area contributed by atoms with Crippen molar-refractivity contribution in [2.75, 3.05) is 13.2 Å². The molecule has 1 rings (SSSR count). The van der Waals surface area contributed by atoms with Gasteiger partial charge in [0.2, 0.25) is 0 Å². The number of aliphatic hydroxyl groups excluding tert-OH is 2. The van der Waals surface area contributed by atoms with Crippen LogP contribution in [-0.4, -0.2) is 33.9 Å². The van der Waals surface area contributed by atoms with Gasteiger partial charge in [0.25, 0.3) is 0 Å². The summed E-state index contributed by atoms with van der Waals surface area (Å²) < 4.78 is 0.